The van der Waals surface area contributed by atoms with Crippen molar-refractivity contribution in [2.45, 2.75) is 40.2 Å². The van der Waals surface area contributed by atoms with Crippen molar-refractivity contribution in [3.8, 4) is 0 Å². The molecule has 1 aromatic heterocycles. The number of ether oxygens (including phenoxy) is 1. The van der Waals surface area contributed by atoms with Gasteiger partial charge in [-0.3, -0.25) is 9.59 Å². The molecule has 2 rings (SSSR count). The molecule has 1 aromatic rings. The highest BCUT2D eigenvalue weighted by Crippen LogP contribution is 2.23. The van der Waals surface area contributed by atoms with Crippen LogP contribution in [0.4, 0.5) is 0 Å². The summed E-state index contributed by atoms with van der Waals surface area (Å²) in [5.74, 6) is -0.650. The van der Waals surface area contributed by atoms with Crippen molar-refractivity contribution in [2.24, 2.45) is 0 Å². The van der Waals surface area contributed by atoms with E-state index in [-0.39, 0.29) is 11.8 Å². The lowest BCUT2D eigenvalue weighted by atomic mass is 10.2. The molecule has 1 fully saturated rings. The van der Waals surface area contributed by atoms with Gasteiger partial charge < -0.3 is 14.5 Å². The Kier molecular flexibility index (Phi) is 5.99. The zero-order chi connectivity index (χ0) is 17.9. The highest BCUT2D eigenvalue weighted by atomic mass is 32.1. The van der Waals surface area contributed by atoms with Crippen molar-refractivity contribution < 1.29 is 19.1 Å². The molecule has 0 saturated carbocycles. The monoisotopic (exact) mass is 352 g/mol. The maximum atomic E-state index is 12.4. The number of thiophene rings is 1. The number of amides is 2. The fourth-order valence-electron chi connectivity index (χ4n) is 2.74. The van der Waals surface area contributed by atoms with E-state index in [1.807, 2.05) is 19.9 Å². The number of esters is 1. The Morgan fingerprint density at radius 3 is 2.29 bits per heavy atom. The first-order chi connectivity index (χ1) is 11.3. The van der Waals surface area contributed by atoms with Gasteiger partial charge in [-0.2, -0.15) is 0 Å². The second kappa shape index (κ2) is 7.79. The largest absolute Gasteiger partial charge is 0.448 e. The van der Waals surface area contributed by atoms with Gasteiger partial charge in [0.1, 0.15) is 4.88 Å². The third kappa shape index (κ3) is 4.14. The normalized spacial score (nSPS) is 16.0. The van der Waals surface area contributed by atoms with Crippen molar-refractivity contribution in [1.82, 2.24) is 9.80 Å². The molecule has 0 aromatic carbocycles. The van der Waals surface area contributed by atoms with Crippen LogP contribution in [0, 0.1) is 6.92 Å². The first-order valence-electron chi connectivity index (χ1n) is 8.18. The van der Waals surface area contributed by atoms with Gasteiger partial charge in [-0.05, 0) is 31.9 Å². The Balaban J connectivity index is 1.91. The van der Waals surface area contributed by atoms with Gasteiger partial charge in [0.2, 0.25) is 5.91 Å². The molecule has 1 saturated heterocycles. The van der Waals surface area contributed by atoms with Crippen molar-refractivity contribution in [3.05, 3.63) is 21.4 Å². The highest BCUT2D eigenvalue weighted by molar-refractivity contribution is 7.14. The standard InChI is InChI=1S/C17H24N2O4S/c1-5-14-10-15(24-12(14)3)17(22)23-11(2)16(21)19-8-6-18(7-9-19)13(4)20/h10-11H,5-9H2,1-4H3. The zero-order valence-corrected chi connectivity index (χ0v) is 15.4. The van der Waals surface area contributed by atoms with Crippen LogP contribution in [0.15, 0.2) is 6.07 Å². The predicted octanol–water partition coefficient (Wildman–Crippen LogP) is 1.85. The van der Waals surface area contributed by atoms with E-state index in [0.29, 0.717) is 31.1 Å². The first kappa shape index (κ1) is 18.4. The molecule has 1 aliphatic rings. The summed E-state index contributed by atoms with van der Waals surface area (Å²) >= 11 is 1.40. The summed E-state index contributed by atoms with van der Waals surface area (Å²) < 4.78 is 5.34. The van der Waals surface area contributed by atoms with Gasteiger partial charge in [-0.15, -0.1) is 11.3 Å². The molecule has 7 heteroatoms. The summed E-state index contributed by atoms with van der Waals surface area (Å²) in [5, 5.41) is 0. The predicted molar refractivity (Wildman–Crippen MR) is 92.1 cm³/mol. The number of carbonyl (C=O) groups excluding carboxylic acids is 3. The molecule has 1 atom stereocenters. The van der Waals surface area contributed by atoms with Gasteiger partial charge in [0.05, 0.1) is 0 Å². The molecule has 24 heavy (non-hydrogen) atoms. The molecule has 1 unspecified atom stereocenters. The Labute approximate surface area is 146 Å². The number of carbonyl (C=O) groups is 3. The van der Waals surface area contributed by atoms with Crippen LogP contribution in [0.1, 0.15) is 40.9 Å². The van der Waals surface area contributed by atoms with E-state index in [2.05, 4.69) is 0 Å². The number of aryl methyl sites for hydroxylation is 2. The van der Waals surface area contributed by atoms with E-state index in [1.54, 1.807) is 16.7 Å². The molecular weight excluding hydrogens is 328 g/mol. The Hall–Kier alpha value is -1.89. The van der Waals surface area contributed by atoms with E-state index in [0.717, 1.165) is 16.9 Å². The van der Waals surface area contributed by atoms with Crippen LogP contribution in [-0.2, 0) is 20.7 Å². The zero-order valence-electron chi connectivity index (χ0n) is 14.6. The Morgan fingerprint density at radius 2 is 1.79 bits per heavy atom. The van der Waals surface area contributed by atoms with Gasteiger partial charge in [-0.25, -0.2) is 4.79 Å². The highest BCUT2D eigenvalue weighted by Gasteiger charge is 2.28. The molecule has 0 bridgehead atoms. The summed E-state index contributed by atoms with van der Waals surface area (Å²) in [7, 11) is 0. The van der Waals surface area contributed by atoms with Gasteiger partial charge in [-0.1, -0.05) is 6.92 Å². The quantitative estimate of drug-likeness (QED) is 0.776. The third-order valence-electron chi connectivity index (χ3n) is 4.27. The molecule has 2 amide bonds. The number of hydrogen-bond donors (Lipinski definition) is 0. The Bertz CT molecular complexity index is 633. The fourth-order valence-corrected chi connectivity index (χ4v) is 3.74. The SMILES string of the molecule is CCc1cc(C(=O)OC(C)C(=O)N2CCN(C(C)=O)CC2)sc1C. The second-order valence-electron chi connectivity index (χ2n) is 5.92. The lowest BCUT2D eigenvalue weighted by Gasteiger charge is -2.35. The van der Waals surface area contributed by atoms with Gasteiger partial charge in [0.25, 0.3) is 5.91 Å². The number of piperazine rings is 1. The maximum Gasteiger partial charge on any atom is 0.349 e. The minimum Gasteiger partial charge on any atom is -0.448 e. The maximum absolute atomic E-state index is 12.4. The first-order valence-corrected chi connectivity index (χ1v) is 8.99. The van der Waals surface area contributed by atoms with Crippen LogP contribution < -0.4 is 0 Å². The topological polar surface area (TPSA) is 66.9 Å². The average molecular weight is 352 g/mol. The molecular formula is C17H24N2O4S. The smallest absolute Gasteiger partial charge is 0.349 e. The summed E-state index contributed by atoms with van der Waals surface area (Å²) in [5.41, 5.74) is 1.13. The van der Waals surface area contributed by atoms with Crippen molar-refractivity contribution in [3.63, 3.8) is 0 Å². The molecule has 0 spiro atoms. The third-order valence-corrected chi connectivity index (χ3v) is 5.34. The van der Waals surface area contributed by atoms with Gasteiger partial charge in [0.15, 0.2) is 6.10 Å². The van der Waals surface area contributed by atoms with Crippen LogP contribution >= 0.6 is 11.3 Å². The van der Waals surface area contributed by atoms with E-state index < -0.39 is 12.1 Å². The van der Waals surface area contributed by atoms with Gasteiger partial charge in [0, 0.05) is 38.0 Å². The van der Waals surface area contributed by atoms with Crippen LogP contribution in [0.5, 0.6) is 0 Å². The number of rotatable bonds is 4. The van der Waals surface area contributed by atoms with E-state index in [4.69, 9.17) is 4.74 Å². The minimum absolute atomic E-state index is 0.0152. The lowest BCUT2D eigenvalue weighted by molar-refractivity contribution is -0.144. The van der Waals surface area contributed by atoms with E-state index >= 15 is 0 Å². The van der Waals surface area contributed by atoms with Crippen LogP contribution in [-0.4, -0.2) is 59.9 Å². The number of hydrogen-bond acceptors (Lipinski definition) is 5. The van der Waals surface area contributed by atoms with E-state index in [9.17, 15) is 14.4 Å². The van der Waals surface area contributed by atoms with E-state index in [1.165, 1.54) is 18.3 Å². The van der Waals surface area contributed by atoms with Crippen LogP contribution in [0.25, 0.3) is 0 Å². The minimum atomic E-state index is -0.825. The average Bonchev–Trinajstić information content (AvgIpc) is 2.95. The van der Waals surface area contributed by atoms with Crippen molar-refractivity contribution >= 4 is 29.1 Å². The molecule has 6 nitrogen and oxygen atoms in total. The fraction of sp³-hybridized carbons (Fsp3) is 0.588. The number of nitrogens with zero attached hydrogens (tertiary/aromatic N) is 2. The summed E-state index contributed by atoms with van der Waals surface area (Å²) in [6.45, 7) is 9.11. The molecule has 132 valence electrons. The molecule has 1 aliphatic heterocycles. The van der Waals surface area contributed by atoms with Crippen LogP contribution in [0.3, 0.4) is 0 Å². The summed E-state index contributed by atoms with van der Waals surface area (Å²) in [6, 6.07) is 1.84. The molecule has 0 aliphatic carbocycles. The van der Waals surface area contributed by atoms with Crippen molar-refractivity contribution in [2.75, 3.05) is 26.2 Å². The summed E-state index contributed by atoms with van der Waals surface area (Å²) in [6.07, 6.45) is 0.0405. The van der Waals surface area contributed by atoms with Crippen LogP contribution in [0.2, 0.25) is 0 Å². The van der Waals surface area contributed by atoms with Gasteiger partial charge >= 0.3 is 5.97 Å². The molecule has 0 radical (unpaired) electrons. The Morgan fingerprint density at radius 1 is 1.21 bits per heavy atom. The lowest BCUT2D eigenvalue weighted by Crippen LogP contribution is -2.52. The van der Waals surface area contributed by atoms with Crippen molar-refractivity contribution in [1.29, 1.82) is 0 Å². The summed E-state index contributed by atoms with van der Waals surface area (Å²) in [4.78, 5) is 41.0. The molecule has 0 N–H and O–H groups in total. The molecule has 2 heterocycles. The second-order valence-corrected chi connectivity index (χ2v) is 7.18.